The van der Waals surface area contributed by atoms with E-state index < -0.39 is 0 Å². The van der Waals surface area contributed by atoms with E-state index in [-0.39, 0.29) is 24.5 Å². The Kier molecular flexibility index (Phi) is 5.82. The summed E-state index contributed by atoms with van der Waals surface area (Å²) in [5, 5.41) is 12.1. The third kappa shape index (κ3) is 3.63. The molecule has 2 N–H and O–H groups in total. The Labute approximate surface area is 119 Å². The van der Waals surface area contributed by atoms with Crippen molar-refractivity contribution in [2.24, 2.45) is 5.92 Å². The normalized spacial score (nSPS) is 12.2. The number of aliphatic hydroxyl groups excluding tert-OH is 1. The van der Waals surface area contributed by atoms with Crippen LogP contribution in [0.1, 0.15) is 29.8 Å². The van der Waals surface area contributed by atoms with E-state index in [1.165, 1.54) is 0 Å². The van der Waals surface area contributed by atoms with Crippen LogP contribution in [0, 0.1) is 12.8 Å². The lowest BCUT2D eigenvalue weighted by molar-refractivity contribution is 0.0896. The first-order valence-electron chi connectivity index (χ1n) is 6.58. The molecule has 0 radical (unpaired) electrons. The summed E-state index contributed by atoms with van der Waals surface area (Å²) in [6.07, 6.45) is 0. The lowest BCUT2D eigenvalue weighted by Gasteiger charge is -2.20. The molecular weight excluding hydrogens is 258 g/mol. The largest absolute Gasteiger partial charge is 0.496 e. The molecule has 0 aromatic heterocycles. The van der Waals surface area contributed by atoms with Crippen molar-refractivity contribution in [3.05, 3.63) is 23.3 Å². The van der Waals surface area contributed by atoms with Gasteiger partial charge in [0.2, 0.25) is 0 Å². The first-order valence-corrected chi connectivity index (χ1v) is 6.58. The van der Waals surface area contributed by atoms with Crippen LogP contribution in [0.15, 0.2) is 12.1 Å². The van der Waals surface area contributed by atoms with Crippen LogP contribution in [0.3, 0.4) is 0 Å². The lowest BCUT2D eigenvalue weighted by Crippen LogP contribution is -2.41. The van der Waals surface area contributed by atoms with Gasteiger partial charge in [-0.15, -0.1) is 0 Å². The third-order valence-corrected chi connectivity index (χ3v) is 3.33. The number of amides is 1. The van der Waals surface area contributed by atoms with Gasteiger partial charge in [0.1, 0.15) is 11.5 Å². The second-order valence-corrected chi connectivity index (χ2v) is 5.01. The Morgan fingerprint density at radius 2 is 1.75 bits per heavy atom. The molecule has 0 saturated carbocycles. The van der Waals surface area contributed by atoms with E-state index in [0.717, 1.165) is 5.56 Å². The van der Waals surface area contributed by atoms with Crippen LogP contribution in [0.25, 0.3) is 0 Å². The minimum atomic E-state index is -0.277. The van der Waals surface area contributed by atoms with Crippen LogP contribution in [-0.4, -0.2) is 37.9 Å². The van der Waals surface area contributed by atoms with E-state index >= 15 is 0 Å². The highest BCUT2D eigenvalue weighted by atomic mass is 16.5. The van der Waals surface area contributed by atoms with E-state index in [4.69, 9.17) is 9.47 Å². The highest BCUT2D eigenvalue weighted by Crippen LogP contribution is 2.29. The van der Waals surface area contributed by atoms with Crippen molar-refractivity contribution < 1.29 is 19.4 Å². The van der Waals surface area contributed by atoms with Gasteiger partial charge < -0.3 is 19.9 Å². The van der Waals surface area contributed by atoms with Gasteiger partial charge in [-0.2, -0.15) is 0 Å². The summed E-state index contributed by atoms with van der Waals surface area (Å²) < 4.78 is 10.5. The first-order chi connectivity index (χ1) is 9.44. The molecule has 0 fully saturated rings. The lowest BCUT2D eigenvalue weighted by atomic mass is 10.0. The molecule has 5 nitrogen and oxygen atoms in total. The summed E-state index contributed by atoms with van der Waals surface area (Å²) in [5.41, 5.74) is 1.29. The fourth-order valence-corrected chi connectivity index (χ4v) is 1.89. The average molecular weight is 281 g/mol. The SMILES string of the molecule is COc1cc(C(=O)N[C@H](CO)C(C)C)cc(OC)c1C. The van der Waals surface area contributed by atoms with Gasteiger partial charge in [-0.1, -0.05) is 13.8 Å². The van der Waals surface area contributed by atoms with E-state index in [2.05, 4.69) is 5.32 Å². The standard InChI is InChI=1S/C15H23NO4/c1-9(2)12(8-17)16-15(18)11-6-13(19-4)10(3)14(7-11)20-5/h6-7,9,12,17H,8H2,1-5H3,(H,16,18)/t12-/m1/s1. The predicted octanol–water partition coefficient (Wildman–Crippen LogP) is 1.76. The van der Waals surface area contributed by atoms with E-state index in [1.807, 2.05) is 20.8 Å². The molecule has 0 aliphatic carbocycles. The Morgan fingerprint density at radius 3 is 2.10 bits per heavy atom. The maximum Gasteiger partial charge on any atom is 0.251 e. The van der Waals surface area contributed by atoms with Gasteiger partial charge in [-0.3, -0.25) is 4.79 Å². The molecule has 5 heteroatoms. The second-order valence-electron chi connectivity index (χ2n) is 5.01. The summed E-state index contributed by atoms with van der Waals surface area (Å²) in [5.74, 6) is 1.09. The van der Waals surface area contributed by atoms with E-state index in [1.54, 1.807) is 26.4 Å². The number of hydrogen-bond acceptors (Lipinski definition) is 4. The fraction of sp³-hybridized carbons (Fsp3) is 0.533. The number of carbonyl (C=O) groups excluding carboxylic acids is 1. The third-order valence-electron chi connectivity index (χ3n) is 3.33. The maximum atomic E-state index is 12.2. The van der Waals surface area contributed by atoms with Crippen molar-refractivity contribution in [1.82, 2.24) is 5.32 Å². The highest BCUT2D eigenvalue weighted by Gasteiger charge is 2.18. The Hall–Kier alpha value is -1.75. The van der Waals surface area contributed by atoms with Gasteiger partial charge in [0.05, 0.1) is 26.9 Å². The Bertz CT molecular complexity index is 446. The monoisotopic (exact) mass is 281 g/mol. The Balaban J connectivity index is 3.04. The van der Waals surface area contributed by atoms with Crippen molar-refractivity contribution in [2.75, 3.05) is 20.8 Å². The molecule has 0 aliphatic rings. The first kappa shape index (κ1) is 16.3. The molecule has 1 rings (SSSR count). The van der Waals surface area contributed by atoms with Crippen LogP contribution >= 0.6 is 0 Å². The molecule has 1 aromatic rings. The summed E-state index contributed by atoms with van der Waals surface area (Å²) in [7, 11) is 3.10. The fourth-order valence-electron chi connectivity index (χ4n) is 1.89. The molecule has 1 amide bonds. The molecule has 0 saturated heterocycles. The van der Waals surface area contributed by atoms with Crippen molar-refractivity contribution in [3.63, 3.8) is 0 Å². The van der Waals surface area contributed by atoms with Crippen molar-refractivity contribution >= 4 is 5.91 Å². The zero-order valence-corrected chi connectivity index (χ0v) is 12.7. The molecule has 0 bridgehead atoms. The van der Waals surface area contributed by atoms with Gasteiger partial charge in [0.15, 0.2) is 0 Å². The van der Waals surface area contributed by atoms with Crippen LogP contribution < -0.4 is 14.8 Å². The molecule has 0 unspecified atom stereocenters. The molecule has 112 valence electrons. The van der Waals surface area contributed by atoms with Crippen LogP contribution in [0.5, 0.6) is 11.5 Å². The number of benzene rings is 1. The number of carbonyl (C=O) groups is 1. The van der Waals surface area contributed by atoms with Gasteiger partial charge >= 0.3 is 0 Å². The zero-order chi connectivity index (χ0) is 15.3. The predicted molar refractivity (Wildman–Crippen MR) is 77.5 cm³/mol. The summed E-state index contributed by atoms with van der Waals surface area (Å²) in [6.45, 7) is 5.66. The van der Waals surface area contributed by atoms with Crippen LogP contribution in [0.4, 0.5) is 0 Å². The molecule has 1 aromatic carbocycles. The number of hydrogen-bond donors (Lipinski definition) is 2. The highest BCUT2D eigenvalue weighted by molar-refractivity contribution is 5.95. The van der Waals surface area contributed by atoms with Crippen molar-refractivity contribution in [1.29, 1.82) is 0 Å². The topological polar surface area (TPSA) is 67.8 Å². The quantitative estimate of drug-likeness (QED) is 0.833. The number of nitrogens with one attached hydrogen (secondary N) is 1. The number of methoxy groups -OCH3 is 2. The van der Waals surface area contributed by atoms with Crippen LogP contribution in [-0.2, 0) is 0 Å². The van der Waals surface area contributed by atoms with Gasteiger partial charge in [0, 0.05) is 11.1 Å². The number of ether oxygens (including phenoxy) is 2. The average Bonchev–Trinajstić information content (AvgIpc) is 2.44. The minimum Gasteiger partial charge on any atom is -0.496 e. The summed E-state index contributed by atoms with van der Waals surface area (Å²) >= 11 is 0. The second kappa shape index (κ2) is 7.14. The zero-order valence-electron chi connectivity index (χ0n) is 12.7. The number of rotatable bonds is 6. The summed E-state index contributed by atoms with van der Waals surface area (Å²) in [4.78, 5) is 12.2. The molecule has 1 atom stereocenters. The minimum absolute atomic E-state index is 0.0937. The smallest absolute Gasteiger partial charge is 0.251 e. The van der Waals surface area contributed by atoms with Gasteiger partial charge in [-0.25, -0.2) is 0 Å². The summed E-state index contributed by atoms with van der Waals surface area (Å²) in [6, 6.07) is 3.06. The van der Waals surface area contributed by atoms with Crippen LogP contribution in [0.2, 0.25) is 0 Å². The molecule has 0 spiro atoms. The van der Waals surface area contributed by atoms with E-state index in [9.17, 15) is 9.90 Å². The number of aliphatic hydroxyl groups is 1. The maximum absolute atomic E-state index is 12.2. The van der Waals surface area contributed by atoms with Crippen molar-refractivity contribution in [2.45, 2.75) is 26.8 Å². The van der Waals surface area contributed by atoms with Crippen molar-refractivity contribution in [3.8, 4) is 11.5 Å². The molecule has 0 heterocycles. The Morgan fingerprint density at radius 1 is 1.25 bits per heavy atom. The molecule has 0 aliphatic heterocycles. The van der Waals surface area contributed by atoms with E-state index in [0.29, 0.717) is 17.1 Å². The van der Waals surface area contributed by atoms with Gasteiger partial charge in [-0.05, 0) is 25.0 Å². The molecule has 20 heavy (non-hydrogen) atoms. The molecular formula is C15H23NO4. The van der Waals surface area contributed by atoms with Gasteiger partial charge in [0.25, 0.3) is 5.91 Å².